The molecule has 2 heterocycles. The molecular formula is C19H14N2O2S. The molecule has 0 spiro atoms. The molecule has 4 nitrogen and oxygen atoms in total. The van der Waals surface area contributed by atoms with E-state index in [1.807, 2.05) is 42.5 Å². The number of amides is 1. The number of carbonyl (C=O) groups excluding carboxylic acids is 1. The first-order valence-corrected chi connectivity index (χ1v) is 8.36. The van der Waals surface area contributed by atoms with Crippen molar-refractivity contribution in [2.75, 3.05) is 11.9 Å². The fourth-order valence-corrected chi connectivity index (χ4v) is 3.32. The number of furan rings is 1. The Hall–Kier alpha value is -2.92. The quantitative estimate of drug-likeness (QED) is 0.539. The van der Waals surface area contributed by atoms with Crippen LogP contribution >= 0.6 is 11.3 Å². The number of fused-ring (bicyclic) bond motifs is 1. The number of nitrogens with zero attached hydrogens (tertiary/aromatic N) is 2. The molecule has 24 heavy (non-hydrogen) atoms. The van der Waals surface area contributed by atoms with Gasteiger partial charge in [-0.2, -0.15) is 0 Å². The van der Waals surface area contributed by atoms with Crippen LogP contribution < -0.4 is 4.90 Å². The predicted molar refractivity (Wildman–Crippen MR) is 96.5 cm³/mol. The van der Waals surface area contributed by atoms with Gasteiger partial charge in [0, 0.05) is 18.1 Å². The summed E-state index contributed by atoms with van der Waals surface area (Å²) in [6.07, 6.45) is 1.60. The van der Waals surface area contributed by atoms with Crippen LogP contribution in [0, 0.1) is 0 Å². The van der Waals surface area contributed by atoms with E-state index in [4.69, 9.17) is 4.42 Å². The van der Waals surface area contributed by atoms with E-state index in [1.54, 1.807) is 29.7 Å². The van der Waals surface area contributed by atoms with Crippen molar-refractivity contribution in [1.29, 1.82) is 0 Å². The maximum Gasteiger partial charge on any atom is 0.277 e. The van der Waals surface area contributed by atoms with Gasteiger partial charge in [-0.25, -0.2) is 4.98 Å². The van der Waals surface area contributed by atoms with Gasteiger partial charge in [0.05, 0.1) is 6.26 Å². The summed E-state index contributed by atoms with van der Waals surface area (Å²) in [7, 11) is 1.76. The summed E-state index contributed by atoms with van der Waals surface area (Å²) in [5, 5.41) is 4.72. The Kier molecular flexibility index (Phi) is 3.63. The third kappa shape index (κ3) is 2.59. The molecule has 5 heteroatoms. The molecule has 0 saturated heterocycles. The monoisotopic (exact) mass is 334 g/mol. The second-order valence-electron chi connectivity index (χ2n) is 5.41. The largest absolute Gasteiger partial charge is 0.462 e. The number of thiazole rings is 1. The highest BCUT2D eigenvalue weighted by atomic mass is 32.1. The van der Waals surface area contributed by atoms with Crippen molar-refractivity contribution < 1.29 is 9.21 Å². The van der Waals surface area contributed by atoms with Crippen molar-refractivity contribution in [2.24, 2.45) is 0 Å². The molecule has 118 valence electrons. The van der Waals surface area contributed by atoms with Gasteiger partial charge in [-0.15, -0.1) is 11.3 Å². The third-order valence-corrected chi connectivity index (χ3v) is 4.74. The average Bonchev–Trinajstić information content (AvgIpc) is 3.31. The van der Waals surface area contributed by atoms with Crippen LogP contribution in [0.15, 0.2) is 70.7 Å². The van der Waals surface area contributed by atoms with Crippen LogP contribution in [0.2, 0.25) is 0 Å². The van der Waals surface area contributed by atoms with Gasteiger partial charge in [-0.1, -0.05) is 30.3 Å². The lowest BCUT2D eigenvalue weighted by Gasteiger charge is -2.16. The van der Waals surface area contributed by atoms with Gasteiger partial charge in [0.15, 0.2) is 10.8 Å². The SMILES string of the molecule is CN(C(=O)c1csc(-c2ccco2)n1)c1ccc2ccccc2c1. The molecule has 0 N–H and O–H groups in total. The lowest BCUT2D eigenvalue weighted by molar-refractivity contribution is 0.0989. The molecule has 2 aromatic carbocycles. The third-order valence-electron chi connectivity index (χ3n) is 3.88. The smallest absolute Gasteiger partial charge is 0.277 e. The maximum atomic E-state index is 12.7. The number of hydrogen-bond acceptors (Lipinski definition) is 4. The van der Waals surface area contributed by atoms with Crippen molar-refractivity contribution in [3.05, 3.63) is 71.9 Å². The van der Waals surface area contributed by atoms with Gasteiger partial charge in [-0.05, 0) is 35.0 Å². The number of benzene rings is 2. The van der Waals surface area contributed by atoms with Gasteiger partial charge in [0.2, 0.25) is 0 Å². The standard InChI is InChI=1S/C19H14N2O2S/c1-21(15-9-8-13-5-2-3-6-14(13)11-15)19(22)16-12-24-18(20-16)17-7-4-10-23-17/h2-12H,1H3. The molecule has 0 aliphatic carbocycles. The molecular weight excluding hydrogens is 320 g/mol. The average molecular weight is 334 g/mol. The molecule has 0 atom stereocenters. The van der Waals surface area contributed by atoms with E-state index >= 15 is 0 Å². The minimum Gasteiger partial charge on any atom is -0.462 e. The van der Waals surface area contributed by atoms with Crippen molar-refractivity contribution in [3.8, 4) is 10.8 Å². The highest BCUT2D eigenvalue weighted by Gasteiger charge is 2.18. The van der Waals surface area contributed by atoms with Crippen LogP contribution in [-0.2, 0) is 0 Å². The van der Waals surface area contributed by atoms with Gasteiger partial charge < -0.3 is 9.32 Å². The van der Waals surface area contributed by atoms with E-state index in [-0.39, 0.29) is 5.91 Å². The molecule has 2 aromatic heterocycles. The Bertz CT molecular complexity index is 1010. The summed E-state index contributed by atoms with van der Waals surface area (Å²) in [5.41, 5.74) is 1.26. The molecule has 1 amide bonds. The minimum absolute atomic E-state index is 0.140. The Balaban J connectivity index is 1.63. The Labute approximate surface area is 143 Å². The van der Waals surface area contributed by atoms with E-state index in [0.29, 0.717) is 16.5 Å². The number of hydrogen-bond donors (Lipinski definition) is 0. The molecule has 4 rings (SSSR count). The topological polar surface area (TPSA) is 46.3 Å². The summed E-state index contributed by atoms with van der Waals surface area (Å²) in [6.45, 7) is 0. The van der Waals surface area contributed by atoms with Crippen molar-refractivity contribution in [3.63, 3.8) is 0 Å². The molecule has 0 bridgehead atoms. The first kappa shape index (κ1) is 14.7. The zero-order valence-corrected chi connectivity index (χ0v) is 13.8. The van der Waals surface area contributed by atoms with Gasteiger partial charge in [0.1, 0.15) is 5.69 Å². The summed E-state index contributed by atoms with van der Waals surface area (Å²) in [4.78, 5) is 18.7. The summed E-state index contributed by atoms with van der Waals surface area (Å²) >= 11 is 1.40. The molecule has 0 aliphatic heterocycles. The van der Waals surface area contributed by atoms with Crippen molar-refractivity contribution >= 4 is 33.7 Å². The number of rotatable bonds is 3. The second-order valence-corrected chi connectivity index (χ2v) is 6.27. The molecule has 0 radical (unpaired) electrons. The molecule has 4 aromatic rings. The summed E-state index contributed by atoms with van der Waals surface area (Å²) in [5.74, 6) is 0.534. The highest BCUT2D eigenvalue weighted by molar-refractivity contribution is 7.13. The summed E-state index contributed by atoms with van der Waals surface area (Å²) < 4.78 is 5.33. The van der Waals surface area contributed by atoms with Gasteiger partial charge >= 0.3 is 0 Å². The lowest BCUT2D eigenvalue weighted by atomic mass is 10.1. The maximum absolute atomic E-state index is 12.7. The van der Waals surface area contributed by atoms with E-state index in [1.165, 1.54) is 11.3 Å². The van der Waals surface area contributed by atoms with Crippen LogP contribution in [-0.4, -0.2) is 17.9 Å². The highest BCUT2D eigenvalue weighted by Crippen LogP contribution is 2.26. The van der Waals surface area contributed by atoms with Crippen LogP contribution in [0.5, 0.6) is 0 Å². The van der Waals surface area contributed by atoms with E-state index < -0.39 is 0 Å². The zero-order chi connectivity index (χ0) is 16.5. The molecule has 0 aliphatic rings. The second kappa shape index (κ2) is 5.94. The first-order valence-electron chi connectivity index (χ1n) is 7.48. The normalized spacial score (nSPS) is 10.9. The summed E-state index contributed by atoms with van der Waals surface area (Å²) in [6, 6.07) is 17.7. The van der Waals surface area contributed by atoms with Crippen LogP contribution in [0.1, 0.15) is 10.5 Å². The van der Waals surface area contributed by atoms with Crippen LogP contribution in [0.4, 0.5) is 5.69 Å². The van der Waals surface area contributed by atoms with Crippen LogP contribution in [0.3, 0.4) is 0 Å². The van der Waals surface area contributed by atoms with E-state index in [2.05, 4.69) is 11.1 Å². The number of aromatic nitrogens is 1. The molecule has 0 fully saturated rings. The Morgan fingerprint density at radius 2 is 1.92 bits per heavy atom. The zero-order valence-electron chi connectivity index (χ0n) is 13.0. The molecule has 0 unspecified atom stereocenters. The van der Waals surface area contributed by atoms with E-state index in [0.717, 1.165) is 16.5 Å². The van der Waals surface area contributed by atoms with Gasteiger partial charge in [0.25, 0.3) is 5.91 Å². The Morgan fingerprint density at radius 3 is 2.71 bits per heavy atom. The van der Waals surface area contributed by atoms with Crippen molar-refractivity contribution in [2.45, 2.75) is 0 Å². The van der Waals surface area contributed by atoms with Crippen molar-refractivity contribution in [1.82, 2.24) is 4.98 Å². The number of carbonyl (C=O) groups is 1. The van der Waals surface area contributed by atoms with Gasteiger partial charge in [-0.3, -0.25) is 4.79 Å². The predicted octanol–water partition coefficient (Wildman–Crippen LogP) is 4.83. The fourth-order valence-electron chi connectivity index (χ4n) is 2.56. The number of anilines is 1. The van der Waals surface area contributed by atoms with Crippen LogP contribution in [0.25, 0.3) is 21.5 Å². The minimum atomic E-state index is -0.140. The fraction of sp³-hybridized carbons (Fsp3) is 0.0526. The Morgan fingerprint density at radius 1 is 1.08 bits per heavy atom. The molecule has 0 saturated carbocycles. The lowest BCUT2D eigenvalue weighted by Crippen LogP contribution is -2.26. The van der Waals surface area contributed by atoms with E-state index in [9.17, 15) is 4.79 Å². The first-order chi connectivity index (χ1) is 11.7.